The van der Waals surface area contributed by atoms with Crippen LogP contribution in [-0.2, 0) is 33.3 Å². The van der Waals surface area contributed by atoms with Crippen molar-refractivity contribution in [3.63, 3.8) is 0 Å². The van der Waals surface area contributed by atoms with Crippen molar-refractivity contribution in [1.29, 1.82) is 0 Å². The highest BCUT2D eigenvalue weighted by molar-refractivity contribution is 5.96. The highest BCUT2D eigenvalue weighted by Gasteiger charge is 2.51. The third-order valence-corrected chi connectivity index (χ3v) is 8.09. The highest BCUT2D eigenvalue weighted by atomic mass is 16.5. The zero-order valence-electron chi connectivity index (χ0n) is 29.9. The SMILES string of the molecule is C=COC(C)(C)CC(C)(C)OC(C)(C)C(=O)C(C)(C)CC(C)(C)OC(C)(C)C(C)(C)C(=O)C(C)OC(C)(C)C(=O)C=C. The van der Waals surface area contributed by atoms with Crippen molar-refractivity contribution in [1.82, 2.24) is 0 Å². The summed E-state index contributed by atoms with van der Waals surface area (Å²) in [5.74, 6) is -0.539. The van der Waals surface area contributed by atoms with E-state index < -0.39 is 50.5 Å². The van der Waals surface area contributed by atoms with E-state index in [9.17, 15) is 14.4 Å². The summed E-state index contributed by atoms with van der Waals surface area (Å²) in [6.07, 6.45) is 2.71. The van der Waals surface area contributed by atoms with E-state index in [4.69, 9.17) is 18.9 Å². The van der Waals surface area contributed by atoms with Crippen LogP contribution in [-0.4, -0.2) is 57.1 Å². The van der Waals surface area contributed by atoms with E-state index in [-0.39, 0.29) is 17.3 Å². The second kappa shape index (κ2) is 13.0. The van der Waals surface area contributed by atoms with Crippen LogP contribution >= 0.6 is 0 Å². The monoisotopic (exact) mass is 594 g/mol. The molecule has 0 rings (SSSR count). The Morgan fingerprint density at radius 2 is 1.12 bits per heavy atom. The third kappa shape index (κ3) is 10.7. The first-order chi connectivity index (χ1) is 18.3. The Balaban J connectivity index is 5.87. The molecule has 0 saturated carbocycles. The predicted octanol–water partition coefficient (Wildman–Crippen LogP) is 7.98. The van der Waals surface area contributed by atoms with Gasteiger partial charge in [0, 0.05) is 11.8 Å². The van der Waals surface area contributed by atoms with Gasteiger partial charge in [-0.15, -0.1) is 0 Å². The minimum Gasteiger partial charge on any atom is -0.496 e. The Morgan fingerprint density at radius 3 is 1.55 bits per heavy atom. The van der Waals surface area contributed by atoms with Gasteiger partial charge in [-0.2, -0.15) is 0 Å². The van der Waals surface area contributed by atoms with Gasteiger partial charge in [0.25, 0.3) is 0 Å². The Bertz CT molecular complexity index is 1010. The molecule has 0 aliphatic rings. The fraction of sp³-hybridized carbons (Fsp3) is 0.800. The van der Waals surface area contributed by atoms with E-state index >= 15 is 0 Å². The normalized spacial score (nSPS) is 15.2. The minimum absolute atomic E-state index is 0.0496. The van der Waals surface area contributed by atoms with Crippen LogP contribution in [0.5, 0.6) is 0 Å². The van der Waals surface area contributed by atoms with Crippen LogP contribution in [0.15, 0.2) is 25.5 Å². The van der Waals surface area contributed by atoms with Crippen molar-refractivity contribution in [3.8, 4) is 0 Å². The van der Waals surface area contributed by atoms with Crippen LogP contribution in [0, 0.1) is 10.8 Å². The van der Waals surface area contributed by atoms with Gasteiger partial charge in [0.15, 0.2) is 17.3 Å². The van der Waals surface area contributed by atoms with Gasteiger partial charge in [-0.25, -0.2) is 0 Å². The number of carbonyl (C=O) groups excluding carboxylic acids is 3. The van der Waals surface area contributed by atoms with Gasteiger partial charge in [-0.3, -0.25) is 14.4 Å². The standard InChI is InChI=1S/C35H62O7/c1-20-25(36)33(14,15)40-24(3)26(37)32(12,13)35(18,19)42-30(8,9)22-28(4,5)27(38)34(16,17)41-31(10,11)23-29(6,7)39-21-2/h20-21,24H,1-2,22-23H2,3-19H3. The van der Waals surface area contributed by atoms with Gasteiger partial charge in [0.1, 0.15) is 22.9 Å². The predicted molar refractivity (Wildman–Crippen MR) is 170 cm³/mol. The maximum absolute atomic E-state index is 14.0. The van der Waals surface area contributed by atoms with Crippen molar-refractivity contribution in [3.05, 3.63) is 25.5 Å². The summed E-state index contributed by atoms with van der Waals surface area (Å²) in [5, 5.41) is 0. The number of ketones is 3. The molecule has 0 heterocycles. The van der Waals surface area contributed by atoms with Gasteiger partial charge < -0.3 is 18.9 Å². The molecule has 1 unspecified atom stereocenters. The first-order valence-electron chi connectivity index (χ1n) is 14.9. The van der Waals surface area contributed by atoms with Crippen molar-refractivity contribution in [2.75, 3.05) is 0 Å². The molecule has 0 aromatic rings. The second-order valence-electron chi connectivity index (χ2n) is 16.2. The molecular weight excluding hydrogens is 532 g/mol. The number of Topliss-reactive ketones (excluding diaryl/α,β-unsaturated/α-hetero) is 2. The smallest absolute Gasteiger partial charge is 0.186 e. The van der Waals surface area contributed by atoms with Crippen molar-refractivity contribution in [2.24, 2.45) is 10.8 Å². The van der Waals surface area contributed by atoms with E-state index in [1.165, 1.54) is 12.3 Å². The highest BCUT2D eigenvalue weighted by Crippen LogP contribution is 2.44. The summed E-state index contributed by atoms with van der Waals surface area (Å²) >= 11 is 0. The lowest BCUT2D eigenvalue weighted by Gasteiger charge is -2.48. The zero-order valence-corrected chi connectivity index (χ0v) is 29.9. The molecule has 0 saturated heterocycles. The molecule has 1 atom stereocenters. The molecular formula is C35H62O7. The maximum atomic E-state index is 14.0. The number of hydrogen-bond acceptors (Lipinski definition) is 7. The van der Waals surface area contributed by atoms with Crippen molar-refractivity contribution < 1.29 is 33.3 Å². The average Bonchev–Trinajstić information content (AvgIpc) is 2.73. The molecule has 7 nitrogen and oxygen atoms in total. The fourth-order valence-electron chi connectivity index (χ4n) is 6.48. The van der Waals surface area contributed by atoms with Crippen molar-refractivity contribution in [2.45, 2.75) is 170 Å². The summed E-state index contributed by atoms with van der Waals surface area (Å²) in [4.78, 5) is 39.9. The lowest BCUT2D eigenvalue weighted by molar-refractivity contribution is -0.201. The van der Waals surface area contributed by atoms with Crippen LogP contribution in [0.4, 0.5) is 0 Å². The summed E-state index contributed by atoms with van der Waals surface area (Å²) in [6, 6.07) is 0. The summed E-state index contributed by atoms with van der Waals surface area (Å²) in [7, 11) is 0. The molecule has 0 N–H and O–H groups in total. The third-order valence-electron chi connectivity index (χ3n) is 8.09. The molecule has 0 aromatic heterocycles. The molecule has 7 heteroatoms. The van der Waals surface area contributed by atoms with Crippen LogP contribution < -0.4 is 0 Å². The van der Waals surface area contributed by atoms with Crippen LogP contribution in [0.1, 0.15) is 131 Å². The average molecular weight is 595 g/mol. The number of carbonyl (C=O) groups is 3. The Labute approximate surface area is 257 Å². The van der Waals surface area contributed by atoms with E-state index in [2.05, 4.69) is 13.2 Å². The Kier molecular flexibility index (Phi) is 12.5. The van der Waals surface area contributed by atoms with Crippen LogP contribution in [0.25, 0.3) is 0 Å². The van der Waals surface area contributed by atoms with E-state index in [1.54, 1.807) is 34.6 Å². The van der Waals surface area contributed by atoms with Gasteiger partial charge in [-0.05, 0) is 103 Å². The molecule has 0 aliphatic heterocycles. The summed E-state index contributed by atoms with van der Waals surface area (Å²) in [5.41, 5.74) is -6.95. The largest absolute Gasteiger partial charge is 0.496 e. The molecule has 0 amide bonds. The maximum Gasteiger partial charge on any atom is 0.186 e. The second-order valence-corrected chi connectivity index (χ2v) is 16.2. The molecule has 42 heavy (non-hydrogen) atoms. The molecule has 0 spiro atoms. The first-order valence-corrected chi connectivity index (χ1v) is 14.9. The zero-order chi connectivity index (χ0) is 34.0. The molecule has 244 valence electrons. The lowest BCUT2D eigenvalue weighted by Crippen LogP contribution is -2.56. The number of hydrogen-bond donors (Lipinski definition) is 0. The van der Waals surface area contributed by atoms with Gasteiger partial charge >= 0.3 is 0 Å². The quantitative estimate of drug-likeness (QED) is 0.111. The molecule has 0 fully saturated rings. The summed E-state index contributed by atoms with van der Waals surface area (Å²) < 4.78 is 24.7. The van der Waals surface area contributed by atoms with Crippen molar-refractivity contribution >= 4 is 17.3 Å². The minimum atomic E-state index is -1.18. The molecule has 0 radical (unpaired) electrons. The molecule has 0 aliphatic carbocycles. The van der Waals surface area contributed by atoms with E-state index in [0.717, 1.165) is 0 Å². The van der Waals surface area contributed by atoms with Crippen LogP contribution in [0.3, 0.4) is 0 Å². The molecule has 0 aromatic carbocycles. The number of ether oxygens (including phenoxy) is 4. The van der Waals surface area contributed by atoms with Gasteiger partial charge in [-0.1, -0.05) is 40.9 Å². The topological polar surface area (TPSA) is 88.1 Å². The van der Waals surface area contributed by atoms with E-state index in [0.29, 0.717) is 12.8 Å². The van der Waals surface area contributed by atoms with Gasteiger partial charge in [0.2, 0.25) is 0 Å². The fourth-order valence-corrected chi connectivity index (χ4v) is 6.48. The Morgan fingerprint density at radius 1 is 0.667 bits per heavy atom. The van der Waals surface area contributed by atoms with Gasteiger partial charge in [0.05, 0.1) is 28.5 Å². The Hall–Kier alpha value is -1.83. The van der Waals surface area contributed by atoms with E-state index in [1.807, 2.05) is 83.1 Å². The first kappa shape index (κ1) is 40.2. The van der Waals surface area contributed by atoms with Crippen LogP contribution in [0.2, 0.25) is 0 Å². The lowest BCUT2D eigenvalue weighted by atomic mass is 9.70. The summed E-state index contributed by atoms with van der Waals surface area (Å²) in [6.45, 7) is 38.6. The number of rotatable bonds is 19. The molecule has 0 bridgehead atoms.